The van der Waals surface area contributed by atoms with Gasteiger partial charge in [0.2, 0.25) is 0 Å². The molecule has 0 atom stereocenters. The molecule has 1 aromatic carbocycles. The standard InChI is InChI=1S/C18H27N/c1-14(2)19-12-6-7-15(3)17-10-5-11-18(13-17)16-8-4-9-16/h5,7,10-11,13-14,16,19H,4,6,8-9,12H2,1-3H3/b15-7-. The predicted octanol–water partition coefficient (Wildman–Crippen LogP) is 4.75. The third-order valence-electron chi connectivity index (χ3n) is 4.07. The van der Waals surface area contributed by atoms with E-state index >= 15 is 0 Å². The van der Waals surface area contributed by atoms with Crippen LogP contribution in [0, 0.1) is 0 Å². The van der Waals surface area contributed by atoms with Gasteiger partial charge in [-0.3, -0.25) is 0 Å². The largest absolute Gasteiger partial charge is 0.314 e. The summed E-state index contributed by atoms with van der Waals surface area (Å²) in [5.74, 6) is 0.829. The molecule has 1 N–H and O–H groups in total. The van der Waals surface area contributed by atoms with E-state index in [1.807, 2.05) is 0 Å². The SMILES string of the molecule is C/C(=C/CCNC(C)C)c1cccc(C2CCC2)c1. The molecule has 1 saturated carbocycles. The first kappa shape index (κ1) is 14.3. The van der Waals surface area contributed by atoms with Gasteiger partial charge < -0.3 is 5.32 Å². The summed E-state index contributed by atoms with van der Waals surface area (Å²) in [6.45, 7) is 7.68. The third kappa shape index (κ3) is 4.21. The topological polar surface area (TPSA) is 12.0 Å². The van der Waals surface area contributed by atoms with E-state index in [4.69, 9.17) is 0 Å². The van der Waals surface area contributed by atoms with Gasteiger partial charge in [-0.1, -0.05) is 50.6 Å². The quantitative estimate of drug-likeness (QED) is 0.725. The van der Waals surface area contributed by atoms with Gasteiger partial charge in [0.05, 0.1) is 0 Å². The van der Waals surface area contributed by atoms with Crippen LogP contribution >= 0.6 is 0 Å². The van der Waals surface area contributed by atoms with Crippen molar-refractivity contribution in [3.63, 3.8) is 0 Å². The fourth-order valence-corrected chi connectivity index (χ4v) is 2.56. The third-order valence-corrected chi connectivity index (χ3v) is 4.07. The fraction of sp³-hybridized carbons (Fsp3) is 0.556. The van der Waals surface area contributed by atoms with E-state index in [1.165, 1.54) is 36.0 Å². The van der Waals surface area contributed by atoms with Gasteiger partial charge in [-0.2, -0.15) is 0 Å². The van der Waals surface area contributed by atoms with Crippen molar-refractivity contribution >= 4 is 5.57 Å². The van der Waals surface area contributed by atoms with Crippen LogP contribution in [0.4, 0.5) is 0 Å². The molecular weight excluding hydrogens is 230 g/mol. The summed E-state index contributed by atoms with van der Waals surface area (Å²) in [7, 11) is 0. The Kier molecular flexibility index (Phi) is 5.21. The molecule has 1 aromatic rings. The average molecular weight is 257 g/mol. The van der Waals surface area contributed by atoms with Gasteiger partial charge in [0.15, 0.2) is 0 Å². The summed E-state index contributed by atoms with van der Waals surface area (Å²) in [6, 6.07) is 9.72. The van der Waals surface area contributed by atoms with E-state index in [2.05, 4.69) is 56.4 Å². The summed E-state index contributed by atoms with van der Waals surface area (Å²) in [4.78, 5) is 0. The van der Waals surface area contributed by atoms with Gasteiger partial charge in [0, 0.05) is 6.04 Å². The number of allylic oxidation sites excluding steroid dienone is 1. The number of benzene rings is 1. The minimum Gasteiger partial charge on any atom is -0.314 e. The smallest absolute Gasteiger partial charge is 0.00105 e. The van der Waals surface area contributed by atoms with Gasteiger partial charge in [-0.25, -0.2) is 0 Å². The maximum absolute atomic E-state index is 3.46. The Balaban J connectivity index is 1.94. The molecule has 1 fully saturated rings. The van der Waals surface area contributed by atoms with Crippen LogP contribution in [-0.4, -0.2) is 12.6 Å². The van der Waals surface area contributed by atoms with Crippen LogP contribution in [0.1, 0.15) is 63.5 Å². The second-order valence-corrected chi connectivity index (χ2v) is 6.04. The average Bonchev–Trinajstić information content (AvgIpc) is 2.32. The minimum absolute atomic E-state index is 0.579. The van der Waals surface area contributed by atoms with E-state index in [1.54, 1.807) is 0 Å². The molecular formula is C18H27N. The first-order chi connectivity index (χ1) is 9.16. The van der Waals surface area contributed by atoms with Crippen LogP contribution in [0.2, 0.25) is 0 Å². The van der Waals surface area contributed by atoms with E-state index in [0.717, 1.165) is 18.9 Å². The molecule has 104 valence electrons. The van der Waals surface area contributed by atoms with E-state index in [9.17, 15) is 0 Å². The first-order valence-electron chi connectivity index (χ1n) is 7.67. The summed E-state index contributed by atoms with van der Waals surface area (Å²) < 4.78 is 0. The van der Waals surface area contributed by atoms with Crippen molar-refractivity contribution in [3.8, 4) is 0 Å². The highest BCUT2D eigenvalue weighted by Gasteiger charge is 2.19. The predicted molar refractivity (Wildman–Crippen MR) is 84.4 cm³/mol. The molecule has 1 nitrogen and oxygen atoms in total. The van der Waals surface area contributed by atoms with Crippen LogP contribution in [-0.2, 0) is 0 Å². The Bertz CT molecular complexity index is 427. The Morgan fingerprint density at radius 1 is 1.37 bits per heavy atom. The van der Waals surface area contributed by atoms with Crippen molar-refractivity contribution in [3.05, 3.63) is 41.5 Å². The molecule has 19 heavy (non-hydrogen) atoms. The Labute approximate surface area is 118 Å². The summed E-state index contributed by atoms with van der Waals surface area (Å²) in [5.41, 5.74) is 4.34. The molecule has 1 aliphatic rings. The highest BCUT2D eigenvalue weighted by Crippen LogP contribution is 2.37. The van der Waals surface area contributed by atoms with E-state index in [-0.39, 0.29) is 0 Å². The molecule has 1 aliphatic carbocycles. The lowest BCUT2D eigenvalue weighted by Crippen LogP contribution is -2.23. The van der Waals surface area contributed by atoms with Gasteiger partial charge in [-0.05, 0) is 55.3 Å². The maximum Gasteiger partial charge on any atom is 0.00105 e. The number of hydrogen-bond acceptors (Lipinski definition) is 1. The lowest BCUT2D eigenvalue weighted by Gasteiger charge is -2.26. The van der Waals surface area contributed by atoms with Crippen molar-refractivity contribution in [1.29, 1.82) is 0 Å². The minimum atomic E-state index is 0.579. The van der Waals surface area contributed by atoms with Gasteiger partial charge >= 0.3 is 0 Å². The first-order valence-corrected chi connectivity index (χ1v) is 7.67. The number of hydrogen-bond donors (Lipinski definition) is 1. The molecule has 2 rings (SSSR count). The van der Waals surface area contributed by atoms with Crippen LogP contribution < -0.4 is 5.32 Å². The van der Waals surface area contributed by atoms with E-state index < -0.39 is 0 Å². The number of nitrogens with one attached hydrogen (secondary N) is 1. The zero-order valence-corrected chi connectivity index (χ0v) is 12.6. The zero-order chi connectivity index (χ0) is 13.7. The molecule has 0 heterocycles. The van der Waals surface area contributed by atoms with Gasteiger partial charge in [-0.15, -0.1) is 0 Å². The Morgan fingerprint density at radius 3 is 2.79 bits per heavy atom. The Morgan fingerprint density at radius 2 is 2.16 bits per heavy atom. The van der Waals surface area contributed by atoms with Gasteiger partial charge in [0.1, 0.15) is 0 Å². The van der Waals surface area contributed by atoms with E-state index in [0.29, 0.717) is 6.04 Å². The monoisotopic (exact) mass is 257 g/mol. The highest BCUT2D eigenvalue weighted by molar-refractivity contribution is 5.64. The summed E-state index contributed by atoms with van der Waals surface area (Å²) in [6.07, 6.45) is 7.63. The fourth-order valence-electron chi connectivity index (χ4n) is 2.56. The molecule has 1 heteroatoms. The number of rotatable bonds is 6. The Hall–Kier alpha value is -1.08. The second kappa shape index (κ2) is 6.91. The van der Waals surface area contributed by atoms with Crippen LogP contribution in [0.25, 0.3) is 5.57 Å². The van der Waals surface area contributed by atoms with Crippen molar-refractivity contribution < 1.29 is 0 Å². The molecule has 0 aliphatic heterocycles. The maximum atomic E-state index is 3.46. The van der Waals surface area contributed by atoms with Crippen molar-refractivity contribution in [2.75, 3.05) is 6.54 Å². The lowest BCUT2D eigenvalue weighted by molar-refractivity contribution is 0.419. The normalized spacial score (nSPS) is 16.7. The van der Waals surface area contributed by atoms with Gasteiger partial charge in [0.25, 0.3) is 0 Å². The summed E-state index contributed by atoms with van der Waals surface area (Å²) in [5, 5.41) is 3.46. The molecule has 0 bridgehead atoms. The second-order valence-electron chi connectivity index (χ2n) is 6.04. The van der Waals surface area contributed by atoms with Crippen LogP contribution in [0.3, 0.4) is 0 Å². The van der Waals surface area contributed by atoms with Crippen molar-refractivity contribution in [2.45, 2.75) is 58.4 Å². The highest BCUT2D eigenvalue weighted by atomic mass is 14.9. The molecule has 0 saturated heterocycles. The molecule has 0 spiro atoms. The summed E-state index contributed by atoms with van der Waals surface area (Å²) >= 11 is 0. The van der Waals surface area contributed by atoms with Crippen molar-refractivity contribution in [1.82, 2.24) is 5.32 Å². The molecule has 0 aromatic heterocycles. The van der Waals surface area contributed by atoms with Crippen molar-refractivity contribution in [2.24, 2.45) is 0 Å². The van der Waals surface area contributed by atoms with Crippen LogP contribution in [0.15, 0.2) is 30.3 Å². The molecule has 0 amide bonds. The molecule has 0 unspecified atom stereocenters. The van der Waals surface area contributed by atoms with Crippen LogP contribution in [0.5, 0.6) is 0 Å². The molecule has 0 radical (unpaired) electrons. The lowest BCUT2D eigenvalue weighted by atomic mass is 9.79. The zero-order valence-electron chi connectivity index (χ0n) is 12.6.